The van der Waals surface area contributed by atoms with Crippen LogP contribution in [0.1, 0.15) is 11.1 Å². The highest BCUT2D eigenvalue weighted by molar-refractivity contribution is 14.1. The van der Waals surface area contributed by atoms with Crippen LogP contribution in [0.5, 0.6) is 11.5 Å². The summed E-state index contributed by atoms with van der Waals surface area (Å²) in [5.41, 5.74) is 2.57. The molecule has 0 N–H and O–H groups in total. The second-order valence-electron chi connectivity index (χ2n) is 4.80. The number of benzene rings is 2. The van der Waals surface area contributed by atoms with E-state index in [2.05, 4.69) is 47.7 Å². The predicted octanol–water partition coefficient (Wildman–Crippen LogP) is 3.98. The Morgan fingerprint density at radius 1 is 1.26 bits per heavy atom. The molecule has 19 heavy (non-hydrogen) atoms. The van der Waals surface area contributed by atoms with Gasteiger partial charge in [0.1, 0.15) is 24.2 Å². The van der Waals surface area contributed by atoms with Crippen molar-refractivity contribution in [1.82, 2.24) is 0 Å². The van der Waals surface area contributed by atoms with Crippen molar-refractivity contribution >= 4 is 22.6 Å². The van der Waals surface area contributed by atoms with Gasteiger partial charge in [0.25, 0.3) is 0 Å². The van der Waals surface area contributed by atoms with Crippen LogP contribution in [0.2, 0.25) is 0 Å². The molecule has 0 bridgehead atoms. The minimum atomic E-state index is 0.118. The third-order valence-corrected chi connectivity index (χ3v) is 4.11. The molecule has 2 nitrogen and oxygen atoms in total. The van der Waals surface area contributed by atoms with Gasteiger partial charge in [-0.1, -0.05) is 29.8 Å². The summed E-state index contributed by atoms with van der Waals surface area (Å²) >= 11 is 2.29. The third-order valence-electron chi connectivity index (χ3n) is 3.22. The van der Waals surface area contributed by atoms with E-state index in [1.54, 1.807) is 0 Å². The molecule has 0 saturated carbocycles. The molecule has 0 aromatic heterocycles. The van der Waals surface area contributed by atoms with Crippen molar-refractivity contribution in [3.63, 3.8) is 0 Å². The number of rotatable bonds is 3. The lowest BCUT2D eigenvalue weighted by Crippen LogP contribution is -2.22. The van der Waals surface area contributed by atoms with Gasteiger partial charge in [-0.3, -0.25) is 0 Å². The molecule has 0 aliphatic carbocycles. The minimum absolute atomic E-state index is 0.118. The zero-order valence-electron chi connectivity index (χ0n) is 10.7. The van der Waals surface area contributed by atoms with Gasteiger partial charge in [0, 0.05) is 6.42 Å². The summed E-state index contributed by atoms with van der Waals surface area (Å²) in [6.45, 7) is 2.70. The SMILES string of the molecule is Cc1ccc2c(c1)CC(COc1ccccc1I)O2. The number of fused-ring (bicyclic) bond motifs is 1. The van der Waals surface area contributed by atoms with Crippen molar-refractivity contribution in [1.29, 1.82) is 0 Å². The predicted molar refractivity (Wildman–Crippen MR) is 84.0 cm³/mol. The summed E-state index contributed by atoms with van der Waals surface area (Å²) in [6, 6.07) is 14.4. The van der Waals surface area contributed by atoms with Crippen molar-refractivity contribution in [3.8, 4) is 11.5 Å². The molecule has 1 aliphatic heterocycles. The summed E-state index contributed by atoms with van der Waals surface area (Å²) in [7, 11) is 0. The van der Waals surface area contributed by atoms with Crippen LogP contribution in [0.25, 0.3) is 0 Å². The van der Waals surface area contributed by atoms with E-state index in [1.165, 1.54) is 11.1 Å². The van der Waals surface area contributed by atoms with E-state index in [0.29, 0.717) is 6.61 Å². The van der Waals surface area contributed by atoms with Gasteiger partial charge < -0.3 is 9.47 Å². The molecule has 0 fully saturated rings. The van der Waals surface area contributed by atoms with Crippen molar-refractivity contribution in [3.05, 3.63) is 57.2 Å². The highest BCUT2D eigenvalue weighted by Crippen LogP contribution is 2.30. The molecule has 2 aromatic carbocycles. The topological polar surface area (TPSA) is 18.5 Å². The molecule has 3 rings (SSSR count). The molecule has 3 heteroatoms. The molecule has 2 aromatic rings. The van der Waals surface area contributed by atoms with Crippen LogP contribution in [-0.4, -0.2) is 12.7 Å². The summed E-state index contributed by atoms with van der Waals surface area (Å²) < 4.78 is 12.9. The van der Waals surface area contributed by atoms with Gasteiger partial charge in [0.15, 0.2) is 0 Å². The van der Waals surface area contributed by atoms with Crippen molar-refractivity contribution in [2.75, 3.05) is 6.61 Å². The maximum absolute atomic E-state index is 5.90. The first-order valence-corrected chi connectivity index (χ1v) is 7.44. The number of ether oxygens (including phenoxy) is 2. The van der Waals surface area contributed by atoms with Gasteiger partial charge in [0.2, 0.25) is 0 Å². The number of halogens is 1. The summed E-state index contributed by atoms with van der Waals surface area (Å²) in [5.74, 6) is 1.93. The number of hydrogen-bond donors (Lipinski definition) is 0. The fraction of sp³-hybridized carbons (Fsp3) is 0.250. The van der Waals surface area contributed by atoms with Crippen LogP contribution < -0.4 is 9.47 Å². The molecular weight excluding hydrogens is 351 g/mol. The monoisotopic (exact) mass is 366 g/mol. The number of para-hydroxylation sites is 1. The minimum Gasteiger partial charge on any atom is -0.489 e. The van der Waals surface area contributed by atoms with Gasteiger partial charge in [-0.05, 0) is 53.3 Å². The molecular formula is C16H15IO2. The summed E-state index contributed by atoms with van der Waals surface area (Å²) in [4.78, 5) is 0. The van der Waals surface area contributed by atoms with Gasteiger partial charge in [0.05, 0.1) is 3.57 Å². The van der Waals surface area contributed by atoms with Crippen LogP contribution in [0.15, 0.2) is 42.5 Å². The van der Waals surface area contributed by atoms with Crippen molar-refractivity contribution < 1.29 is 9.47 Å². The van der Waals surface area contributed by atoms with Crippen molar-refractivity contribution in [2.24, 2.45) is 0 Å². The van der Waals surface area contributed by atoms with Crippen LogP contribution in [0.3, 0.4) is 0 Å². The van der Waals surface area contributed by atoms with E-state index in [9.17, 15) is 0 Å². The Hall–Kier alpha value is -1.23. The van der Waals surface area contributed by atoms with E-state index < -0.39 is 0 Å². The zero-order valence-corrected chi connectivity index (χ0v) is 12.9. The fourth-order valence-electron chi connectivity index (χ4n) is 2.29. The Kier molecular flexibility index (Phi) is 3.64. The van der Waals surface area contributed by atoms with E-state index >= 15 is 0 Å². The number of aryl methyl sites for hydroxylation is 1. The normalized spacial score (nSPS) is 16.8. The lowest BCUT2D eigenvalue weighted by atomic mass is 10.1. The molecule has 1 aliphatic rings. The Morgan fingerprint density at radius 3 is 2.95 bits per heavy atom. The van der Waals surface area contributed by atoms with Crippen LogP contribution in [0, 0.1) is 10.5 Å². The van der Waals surface area contributed by atoms with Crippen LogP contribution >= 0.6 is 22.6 Å². The van der Waals surface area contributed by atoms with Gasteiger partial charge in [-0.25, -0.2) is 0 Å². The smallest absolute Gasteiger partial charge is 0.137 e. The Morgan fingerprint density at radius 2 is 2.11 bits per heavy atom. The van der Waals surface area contributed by atoms with E-state index in [4.69, 9.17) is 9.47 Å². The maximum atomic E-state index is 5.90. The second-order valence-corrected chi connectivity index (χ2v) is 5.96. The largest absolute Gasteiger partial charge is 0.489 e. The summed E-state index contributed by atoms with van der Waals surface area (Å²) in [6.07, 6.45) is 1.05. The lowest BCUT2D eigenvalue weighted by Gasteiger charge is -2.13. The van der Waals surface area contributed by atoms with Crippen molar-refractivity contribution in [2.45, 2.75) is 19.4 Å². The Labute approximate surface area is 126 Å². The molecule has 0 radical (unpaired) electrons. The molecule has 0 saturated heterocycles. The molecule has 1 unspecified atom stereocenters. The van der Waals surface area contributed by atoms with Gasteiger partial charge in [-0.2, -0.15) is 0 Å². The first-order chi connectivity index (χ1) is 9.22. The maximum Gasteiger partial charge on any atom is 0.137 e. The highest BCUT2D eigenvalue weighted by Gasteiger charge is 2.23. The van der Waals surface area contributed by atoms with E-state index in [1.807, 2.05) is 24.3 Å². The van der Waals surface area contributed by atoms with Gasteiger partial charge in [-0.15, -0.1) is 0 Å². The highest BCUT2D eigenvalue weighted by atomic mass is 127. The first-order valence-electron chi connectivity index (χ1n) is 6.36. The Balaban J connectivity index is 1.63. The third kappa shape index (κ3) is 2.86. The molecule has 0 amide bonds. The quantitative estimate of drug-likeness (QED) is 0.765. The molecule has 98 valence electrons. The standard InChI is InChI=1S/C16H15IO2/c1-11-6-7-15-12(8-11)9-13(19-15)10-18-16-5-3-2-4-14(16)17/h2-8,13H,9-10H2,1H3. The van der Waals surface area contributed by atoms with Crippen LogP contribution in [-0.2, 0) is 6.42 Å². The van der Waals surface area contributed by atoms with Crippen LogP contribution in [0.4, 0.5) is 0 Å². The Bertz CT molecular complexity index is 595. The molecule has 0 spiro atoms. The average Bonchev–Trinajstić information content (AvgIpc) is 2.79. The zero-order chi connectivity index (χ0) is 13.2. The molecule has 1 atom stereocenters. The van der Waals surface area contributed by atoms with E-state index in [0.717, 1.165) is 21.5 Å². The molecule has 1 heterocycles. The second kappa shape index (κ2) is 5.41. The van der Waals surface area contributed by atoms with E-state index in [-0.39, 0.29) is 6.10 Å². The first kappa shape index (κ1) is 12.8. The number of hydrogen-bond acceptors (Lipinski definition) is 2. The lowest BCUT2D eigenvalue weighted by molar-refractivity contribution is 0.148. The van der Waals surface area contributed by atoms with Gasteiger partial charge >= 0.3 is 0 Å². The fourth-order valence-corrected chi connectivity index (χ4v) is 2.83. The summed E-state index contributed by atoms with van der Waals surface area (Å²) in [5, 5.41) is 0. The average molecular weight is 366 g/mol.